The average Bonchev–Trinajstić information content (AvgIpc) is 2.09. The normalized spacial score (nSPS) is 11.1. The van der Waals surface area contributed by atoms with E-state index in [9.17, 15) is 0 Å². The summed E-state index contributed by atoms with van der Waals surface area (Å²) >= 11 is 0. The maximum absolute atomic E-state index is 8.53. The third kappa shape index (κ3) is 11.9. The fourth-order valence-corrected chi connectivity index (χ4v) is 1.09. The maximum Gasteiger partial charge on any atom is 0.0431 e. The van der Waals surface area contributed by atoms with Gasteiger partial charge in [-0.15, -0.1) is 0 Å². The third-order valence-electron chi connectivity index (χ3n) is 1.84. The monoisotopic (exact) mass is 188 g/mol. The minimum Gasteiger partial charge on any atom is -0.396 e. The number of nitrogens with one attached hydrogen (secondary N) is 2. The van der Waals surface area contributed by atoms with Crippen molar-refractivity contribution in [1.82, 2.24) is 10.6 Å². The first-order valence-electron chi connectivity index (χ1n) is 5.32. The van der Waals surface area contributed by atoms with Gasteiger partial charge in [0.1, 0.15) is 0 Å². The molecule has 0 aromatic heterocycles. The van der Waals surface area contributed by atoms with E-state index in [2.05, 4.69) is 24.5 Å². The Kier molecular flexibility index (Phi) is 9.87. The molecule has 0 atom stereocenters. The van der Waals surface area contributed by atoms with E-state index >= 15 is 0 Å². The third-order valence-corrected chi connectivity index (χ3v) is 1.84. The Balaban J connectivity index is 2.84. The van der Waals surface area contributed by atoms with Crippen molar-refractivity contribution in [2.45, 2.75) is 39.2 Å². The zero-order valence-electron chi connectivity index (χ0n) is 8.97. The summed E-state index contributed by atoms with van der Waals surface area (Å²) in [5, 5.41) is 15.2. The molecule has 0 fully saturated rings. The topological polar surface area (TPSA) is 44.3 Å². The Hall–Kier alpha value is -0.120. The van der Waals surface area contributed by atoms with Crippen LogP contribution in [0.5, 0.6) is 0 Å². The van der Waals surface area contributed by atoms with Gasteiger partial charge in [0, 0.05) is 12.6 Å². The summed E-state index contributed by atoms with van der Waals surface area (Å²) in [5.41, 5.74) is 0. The molecule has 3 N–H and O–H groups in total. The van der Waals surface area contributed by atoms with Gasteiger partial charge >= 0.3 is 0 Å². The van der Waals surface area contributed by atoms with Crippen LogP contribution in [0.2, 0.25) is 0 Å². The van der Waals surface area contributed by atoms with E-state index in [1.807, 2.05) is 0 Å². The van der Waals surface area contributed by atoms with Crippen molar-refractivity contribution < 1.29 is 5.11 Å². The van der Waals surface area contributed by atoms with Crippen LogP contribution in [0.25, 0.3) is 0 Å². The van der Waals surface area contributed by atoms with Gasteiger partial charge in [-0.2, -0.15) is 0 Å². The highest BCUT2D eigenvalue weighted by molar-refractivity contribution is 4.55. The predicted molar refractivity (Wildman–Crippen MR) is 56.9 cm³/mol. The fourth-order valence-electron chi connectivity index (χ4n) is 1.09. The summed E-state index contributed by atoms with van der Waals surface area (Å²) < 4.78 is 0. The Bertz CT molecular complexity index is 96.9. The molecule has 0 spiro atoms. The van der Waals surface area contributed by atoms with Crippen molar-refractivity contribution in [2.24, 2.45) is 0 Å². The highest BCUT2D eigenvalue weighted by Crippen LogP contribution is 1.84. The van der Waals surface area contributed by atoms with E-state index in [1.54, 1.807) is 0 Å². The lowest BCUT2D eigenvalue weighted by Gasteiger charge is -2.08. The first-order chi connectivity index (χ1) is 6.27. The minimum absolute atomic E-state index is 0.316. The van der Waals surface area contributed by atoms with E-state index in [4.69, 9.17) is 5.11 Å². The lowest BCUT2D eigenvalue weighted by molar-refractivity contribution is 0.283. The molecule has 0 radical (unpaired) electrons. The second-order valence-corrected chi connectivity index (χ2v) is 3.64. The van der Waals surface area contributed by atoms with Crippen LogP contribution in [0.15, 0.2) is 0 Å². The predicted octanol–water partition coefficient (Wildman–Crippen LogP) is 0.737. The summed E-state index contributed by atoms with van der Waals surface area (Å²) in [6, 6.07) is 0.592. The Labute approximate surface area is 81.9 Å². The lowest BCUT2D eigenvalue weighted by Crippen LogP contribution is -2.27. The zero-order chi connectivity index (χ0) is 9.94. The van der Waals surface area contributed by atoms with Gasteiger partial charge in [-0.05, 0) is 38.9 Å². The molecule has 0 heterocycles. The summed E-state index contributed by atoms with van der Waals surface area (Å²) in [6.45, 7) is 7.83. The maximum atomic E-state index is 8.53. The molecular weight excluding hydrogens is 164 g/mol. The molecule has 0 saturated carbocycles. The van der Waals surface area contributed by atoms with Crippen molar-refractivity contribution in [2.75, 3.05) is 26.2 Å². The molecule has 0 aromatic carbocycles. The van der Waals surface area contributed by atoms with Gasteiger partial charge in [-0.3, -0.25) is 0 Å². The summed E-state index contributed by atoms with van der Waals surface area (Å²) in [5.74, 6) is 0. The van der Waals surface area contributed by atoms with E-state index < -0.39 is 0 Å². The molecule has 0 aliphatic heterocycles. The van der Waals surface area contributed by atoms with Gasteiger partial charge in [0.05, 0.1) is 0 Å². The van der Waals surface area contributed by atoms with Crippen molar-refractivity contribution >= 4 is 0 Å². The van der Waals surface area contributed by atoms with Crippen LogP contribution < -0.4 is 10.6 Å². The number of hydrogen-bond donors (Lipinski definition) is 3. The first-order valence-corrected chi connectivity index (χ1v) is 5.32. The molecule has 80 valence electrons. The summed E-state index contributed by atoms with van der Waals surface area (Å²) in [7, 11) is 0. The van der Waals surface area contributed by atoms with E-state index in [0.717, 1.165) is 32.5 Å². The van der Waals surface area contributed by atoms with Gasteiger partial charge < -0.3 is 15.7 Å². The van der Waals surface area contributed by atoms with Crippen LogP contribution in [0, 0.1) is 0 Å². The molecule has 0 aliphatic rings. The second-order valence-electron chi connectivity index (χ2n) is 3.64. The van der Waals surface area contributed by atoms with Crippen LogP contribution in [0.1, 0.15) is 33.1 Å². The number of aliphatic hydroxyl groups is 1. The standard InChI is InChI=1S/C10H24N2O/c1-10(2)12-8-5-7-11-6-3-4-9-13/h10-13H,3-9H2,1-2H3. The molecule has 0 rings (SSSR count). The van der Waals surface area contributed by atoms with Gasteiger partial charge in [0.25, 0.3) is 0 Å². The second kappa shape index (κ2) is 9.96. The molecule has 3 heteroatoms. The zero-order valence-corrected chi connectivity index (χ0v) is 8.97. The molecule has 0 aromatic rings. The van der Waals surface area contributed by atoms with Crippen LogP contribution in [0.3, 0.4) is 0 Å². The molecular formula is C10H24N2O. The quantitative estimate of drug-likeness (QED) is 0.468. The molecule has 0 saturated heterocycles. The largest absolute Gasteiger partial charge is 0.396 e. The van der Waals surface area contributed by atoms with E-state index in [1.165, 1.54) is 6.42 Å². The highest BCUT2D eigenvalue weighted by atomic mass is 16.2. The van der Waals surface area contributed by atoms with Crippen LogP contribution >= 0.6 is 0 Å². The molecule has 0 aliphatic carbocycles. The number of rotatable bonds is 9. The highest BCUT2D eigenvalue weighted by Gasteiger charge is 1.91. The average molecular weight is 188 g/mol. The van der Waals surface area contributed by atoms with Gasteiger partial charge in [-0.25, -0.2) is 0 Å². The molecule has 0 bridgehead atoms. The van der Waals surface area contributed by atoms with Gasteiger partial charge in [-0.1, -0.05) is 13.8 Å². The summed E-state index contributed by atoms with van der Waals surface area (Å²) in [6.07, 6.45) is 3.17. The van der Waals surface area contributed by atoms with Crippen molar-refractivity contribution in [1.29, 1.82) is 0 Å². The van der Waals surface area contributed by atoms with Gasteiger partial charge in [0.2, 0.25) is 0 Å². The van der Waals surface area contributed by atoms with Crippen molar-refractivity contribution in [3.63, 3.8) is 0 Å². The van der Waals surface area contributed by atoms with Crippen LogP contribution in [-0.4, -0.2) is 37.4 Å². The van der Waals surface area contributed by atoms with E-state index in [-0.39, 0.29) is 0 Å². The minimum atomic E-state index is 0.316. The number of aliphatic hydroxyl groups excluding tert-OH is 1. The molecule has 0 unspecified atom stereocenters. The van der Waals surface area contributed by atoms with E-state index in [0.29, 0.717) is 12.6 Å². The Morgan fingerprint density at radius 3 is 2.31 bits per heavy atom. The molecule has 13 heavy (non-hydrogen) atoms. The van der Waals surface area contributed by atoms with Crippen LogP contribution in [-0.2, 0) is 0 Å². The molecule has 3 nitrogen and oxygen atoms in total. The van der Waals surface area contributed by atoms with Gasteiger partial charge in [0.15, 0.2) is 0 Å². The first kappa shape index (κ1) is 12.9. The smallest absolute Gasteiger partial charge is 0.0431 e. The Morgan fingerprint density at radius 1 is 1.00 bits per heavy atom. The van der Waals surface area contributed by atoms with Crippen molar-refractivity contribution in [3.8, 4) is 0 Å². The number of unbranched alkanes of at least 4 members (excludes halogenated alkanes) is 1. The van der Waals surface area contributed by atoms with Crippen LogP contribution in [0.4, 0.5) is 0 Å². The number of hydrogen-bond acceptors (Lipinski definition) is 3. The SMILES string of the molecule is CC(C)NCCCNCCCCO. The summed E-state index contributed by atoms with van der Waals surface area (Å²) in [4.78, 5) is 0. The Morgan fingerprint density at radius 2 is 1.69 bits per heavy atom. The fraction of sp³-hybridized carbons (Fsp3) is 1.00. The molecule has 0 amide bonds. The lowest BCUT2D eigenvalue weighted by atomic mass is 10.3. The van der Waals surface area contributed by atoms with Crippen molar-refractivity contribution in [3.05, 3.63) is 0 Å².